The van der Waals surface area contributed by atoms with Gasteiger partial charge in [-0.05, 0) is 50.1 Å². The number of carbonyl (C=O) groups is 2. The number of nitrogens with one attached hydrogen (secondary N) is 1. The van der Waals surface area contributed by atoms with Gasteiger partial charge in [0.15, 0.2) is 0 Å². The zero-order valence-corrected chi connectivity index (χ0v) is 20.0. The monoisotopic (exact) mass is 497 g/mol. The number of hydrogen-bond donors (Lipinski definition) is 1. The van der Waals surface area contributed by atoms with E-state index in [4.69, 9.17) is 23.2 Å². The van der Waals surface area contributed by atoms with Gasteiger partial charge in [0.25, 0.3) is 5.91 Å². The molecular formula is C22H25Cl2N3O4S. The summed E-state index contributed by atoms with van der Waals surface area (Å²) < 4.78 is 27.4. The minimum absolute atomic E-state index is 0.0774. The first-order valence-corrected chi connectivity index (χ1v) is 12.6. The second kappa shape index (κ2) is 10.7. The lowest BCUT2D eigenvalue weighted by atomic mass is 10.2. The third-order valence-electron chi connectivity index (χ3n) is 5.26. The molecule has 1 fully saturated rings. The molecule has 0 saturated carbocycles. The van der Waals surface area contributed by atoms with E-state index < -0.39 is 21.8 Å². The molecule has 0 aromatic heterocycles. The van der Waals surface area contributed by atoms with Crippen molar-refractivity contribution in [1.29, 1.82) is 0 Å². The van der Waals surface area contributed by atoms with E-state index in [1.807, 2.05) is 0 Å². The van der Waals surface area contributed by atoms with Gasteiger partial charge in [-0.25, -0.2) is 8.42 Å². The van der Waals surface area contributed by atoms with Crippen molar-refractivity contribution in [1.82, 2.24) is 9.21 Å². The number of amides is 2. The van der Waals surface area contributed by atoms with Crippen molar-refractivity contribution in [3.8, 4) is 0 Å². The highest BCUT2D eigenvalue weighted by molar-refractivity contribution is 7.89. The zero-order valence-electron chi connectivity index (χ0n) is 17.7. The van der Waals surface area contributed by atoms with Crippen molar-refractivity contribution in [2.24, 2.45) is 0 Å². The minimum atomic E-state index is -3.67. The van der Waals surface area contributed by atoms with E-state index >= 15 is 0 Å². The van der Waals surface area contributed by atoms with Crippen LogP contribution in [0.25, 0.3) is 0 Å². The maximum atomic E-state index is 13.0. The summed E-state index contributed by atoms with van der Waals surface area (Å²) in [5.41, 5.74) is 0.479. The molecule has 10 heteroatoms. The van der Waals surface area contributed by atoms with E-state index in [1.54, 1.807) is 37.3 Å². The van der Waals surface area contributed by atoms with E-state index in [0.717, 1.165) is 19.3 Å². The van der Waals surface area contributed by atoms with Crippen LogP contribution < -0.4 is 5.32 Å². The van der Waals surface area contributed by atoms with Crippen molar-refractivity contribution < 1.29 is 18.0 Å². The number of hydrogen-bond acceptors (Lipinski definition) is 4. The molecule has 3 rings (SSSR count). The van der Waals surface area contributed by atoms with Crippen LogP contribution in [0.1, 0.15) is 36.5 Å². The highest BCUT2D eigenvalue weighted by Gasteiger charge is 2.27. The number of sulfonamides is 1. The number of halogens is 2. The molecule has 1 aliphatic heterocycles. The molecule has 0 unspecified atom stereocenters. The van der Waals surface area contributed by atoms with Gasteiger partial charge in [-0.1, -0.05) is 41.8 Å². The third kappa shape index (κ3) is 5.61. The normalized spacial score (nSPS) is 14.7. The molecule has 2 amide bonds. The molecule has 0 radical (unpaired) electrons. The quantitative estimate of drug-likeness (QED) is 0.618. The number of carbonyl (C=O) groups excluding carboxylic acids is 2. The van der Waals surface area contributed by atoms with Crippen LogP contribution in [0.5, 0.6) is 0 Å². The van der Waals surface area contributed by atoms with Crippen molar-refractivity contribution in [2.75, 3.05) is 31.5 Å². The van der Waals surface area contributed by atoms with Crippen LogP contribution in [0.15, 0.2) is 47.4 Å². The number of benzene rings is 2. The number of piperidine rings is 1. The highest BCUT2D eigenvalue weighted by atomic mass is 35.5. The maximum absolute atomic E-state index is 13.0. The molecule has 172 valence electrons. The van der Waals surface area contributed by atoms with Gasteiger partial charge >= 0.3 is 0 Å². The standard InChI is InChI=1S/C22H25Cl2N3O4S/c1-2-26(15-20(28)25-21-18(23)10-7-11-19(21)24)22(29)16-8-6-9-17(14-16)32(30,31)27-12-4-3-5-13-27/h6-11,14H,2-5,12-13,15H2,1H3,(H,25,28). The van der Waals surface area contributed by atoms with E-state index in [9.17, 15) is 18.0 Å². The van der Waals surface area contributed by atoms with Gasteiger partial charge in [0, 0.05) is 25.2 Å². The number of rotatable bonds is 7. The first-order chi connectivity index (χ1) is 15.2. The van der Waals surface area contributed by atoms with Crippen LogP contribution in [-0.4, -0.2) is 55.6 Å². The zero-order chi connectivity index (χ0) is 23.3. The average Bonchev–Trinajstić information content (AvgIpc) is 2.80. The average molecular weight is 498 g/mol. The molecule has 0 spiro atoms. The van der Waals surface area contributed by atoms with Gasteiger partial charge in [0.1, 0.15) is 6.54 Å². The van der Waals surface area contributed by atoms with Crippen molar-refractivity contribution >= 4 is 50.7 Å². The smallest absolute Gasteiger partial charge is 0.254 e. The highest BCUT2D eigenvalue weighted by Crippen LogP contribution is 2.29. The summed E-state index contributed by atoms with van der Waals surface area (Å²) in [6, 6.07) is 10.8. The van der Waals surface area contributed by atoms with Crippen LogP contribution in [0.2, 0.25) is 10.0 Å². The van der Waals surface area contributed by atoms with E-state index in [2.05, 4.69) is 5.32 Å². The van der Waals surface area contributed by atoms with Gasteiger partial charge in [0.05, 0.1) is 20.6 Å². The molecule has 0 aliphatic carbocycles. The number of para-hydroxylation sites is 1. The Bertz CT molecular complexity index is 1080. The molecule has 2 aromatic carbocycles. The van der Waals surface area contributed by atoms with Crippen molar-refractivity contribution in [2.45, 2.75) is 31.1 Å². The fourth-order valence-corrected chi connectivity index (χ4v) is 5.58. The van der Waals surface area contributed by atoms with Crippen molar-refractivity contribution in [3.05, 3.63) is 58.1 Å². The molecule has 0 atom stereocenters. The second-order valence-electron chi connectivity index (χ2n) is 7.46. The summed E-state index contributed by atoms with van der Waals surface area (Å²) >= 11 is 12.2. The molecular weight excluding hydrogens is 473 g/mol. The van der Waals surface area contributed by atoms with Gasteiger partial charge in [0.2, 0.25) is 15.9 Å². The molecule has 2 aromatic rings. The summed E-state index contributed by atoms with van der Waals surface area (Å²) in [6.07, 6.45) is 2.66. The SMILES string of the molecule is CCN(CC(=O)Nc1c(Cl)cccc1Cl)C(=O)c1cccc(S(=O)(=O)N2CCCCC2)c1. The Balaban J connectivity index is 1.75. The number of likely N-dealkylation sites (N-methyl/N-ethyl adjacent to an activating group) is 1. The summed E-state index contributed by atoms with van der Waals surface area (Å²) in [7, 11) is -3.67. The van der Waals surface area contributed by atoms with Crippen LogP contribution in [0.4, 0.5) is 5.69 Å². The Hall–Kier alpha value is -2.13. The van der Waals surface area contributed by atoms with Gasteiger partial charge in [-0.2, -0.15) is 4.31 Å². The molecule has 1 aliphatic rings. The Labute approximate surface area is 198 Å². The molecule has 1 heterocycles. The maximum Gasteiger partial charge on any atom is 0.254 e. The van der Waals surface area contributed by atoms with E-state index in [-0.39, 0.29) is 39.3 Å². The number of nitrogens with zero attached hydrogens (tertiary/aromatic N) is 2. The summed E-state index contributed by atoms with van der Waals surface area (Å²) in [4.78, 5) is 27.0. The summed E-state index contributed by atoms with van der Waals surface area (Å²) in [6.45, 7) is 2.71. The minimum Gasteiger partial charge on any atom is -0.330 e. The van der Waals surface area contributed by atoms with Crippen LogP contribution in [0, 0.1) is 0 Å². The molecule has 7 nitrogen and oxygen atoms in total. The lowest BCUT2D eigenvalue weighted by Crippen LogP contribution is -2.38. The Morgan fingerprint density at radius 3 is 2.28 bits per heavy atom. The molecule has 0 bridgehead atoms. The van der Waals surface area contributed by atoms with E-state index in [0.29, 0.717) is 13.1 Å². The largest absolute Gasteiger partial charge is 0.330 e. The Morgan fingerprint density at radius 2 is 1.66 bits per heavy atom. The van der Waals surface area contributed by atoms with Crippen LogP contribution >= 0.6 is 23.2 Å². The van der Waals surface area contributed by atoms with Crippen LogP contribution in [0.3, 0.4) is 0 Å². The van der Waals surface area contributed by atoms with Crippen molar-refractivity contribution in [3.63, 3.8) is 0 Å². The van der Waals surface area contributed by atoms with Crippen LogP contribution in [-0.2, 0) is 14.8 Å². The topological polar surface area (TPSA) is 86.8 Å². The second-order valence-corrected chi connectivity index (χ2v) is 10.2. The van der Waals surface area contributed by atoms with Gasteiger partial charge in [-0.15, -0.1) is 0 Å². The lowest BCUT2D eigenvalue weighted by molar-refractivity contribution is -0.116. The molecule has 1 N–H and O–H groups in total. The fourth-order valence-electron chi connectivity index (χ4n) is 3.52. The summed E-state index contributed by atoms with van der Waals surface area (Å²) in [5, 5.41) is 3.20. The predicted octanol–water partition coefficient (Wildman–Crippen LogP) is 4.27. The van der Waals surface area contributed by atoms with E-state index in [1.165, 1.54) is 21.3 Å². The third-order valence-corrected chi connectivity index (χ3v) is 7.79. The van der Waals surface area contributed by atoms with Gasteiger partial charge < -0.3 is 10.2 Å². The lowest BCUT2D eigenvalue weighted by Gasteiger charge is -2.26. The first-order valence-electron chi connectivity index (χ1n) is 10.4. The Morgan fingerprint density at radius 1 is 1.03 bits per heavy atom. The molecule has 1 saturated heterocycles. The fraction of sp³-hybridized carbons (Fsp3) is 0.364. The number of anilines is 1. The molecule has 32 heavy (non-hydrogen) atoms. The Kier molecular flexibility index (Phi) is 8.16. The van der Waals surface area contributed by atoms with Gasteiger partial charge in [-0.3, -0.25) is 9.59 Å². The first kappa shape index (κ1) is 24.5. The predicted molar refractivity (Wildman–Crippen MR) is 126 cm³/mol. The summed E-state index contributed by atoms with van der Waals surface area (Å²) in [5.74, 6) is -0.907.